The summed E-state index contributed by atoms with van der Waals surface area (Å²) in [6.07, 6.45) is 8.40. The first-order chi connectivity index (χ1) is 9.90. The standard InChI is InChI=1S/C16H29NO3S/c1-4-5-6-7-8-9-10-11-17-14(19)12-16(3,15(17)20)21-13(2)18/h13,18H,4-12H2,1-3H3. The van der Waals surface area contributed by atoms with Crippen molar-refractivity contribution in [2.75, 3.05) is 6.54 Å². The quantitative estimate of drug-likeness (QED) is 0.382. The van der Waals surface area contributed by atoms with Crippen LogP contribution in [0.3, 0.4) is 0 Å². The van der Waals surface area contributed by atoms with Gasteiger partial charge in [0, 0.05) is 6.54 Å². The van der Waals surface area contributed by atoms with Crippen LogP contribution in [0.5, 0.6) is 0 Å². The normalized spacial score (nSPS) is 23.9. The highest BCUT2D eigenvalue weighted by atomic mass is 32.2. The number of aliphatic hydroxyl groups excluding tert-OH is 1. The van der Waals surface area contributed by atoms with E-state index in [9.17, 15) is 14.7 Å². The minimum atomic E-state index is -0.785. The summed E-state index contributed by atoms with van der Waals surface area (Å²) in [5.41, 5.74) is -0.634. The molecule has 0 radical (unpaired) electrons. The molecule has 2 atom stereocenters. The number of amides is 2. The summed E-state index contributed by atoms with van der Waals surface area (Å²) in [5.74, 6) is -0.231. The third-order valence-electron chi connectivity index (χ3n) is 3.90. The lowest BCUT2D eigenvalue weighted by molar-refractivity contribution is -0.138. The van der Waals surface area contributed by atoms with E-state index in [-0.39, 0.29) is 18.2 Å². The van der Waals surface area contributed by atoms with Gasteiger partial charge in [0.25, 0.3) is 0 Å². The fourth-order valence-corrected chi connectivity index (χ4v) is 3.95. The second kappa shape index (κ2) is 8.79. The van der Waals surface area contributed by atoms with Crippen molar-refractivity contribution in [3.05, 3.63) is 0 Å². The fraction of sp³-hybridized carbons (Fsp3) is 0.875. The molecule has 21 heavy (non-hydrogen) atoms. The molecule has 1 N–H and O–H groups in total. The molecule has 1 heterocycles. The van der Waals surface area contributed by atoms with Crippen molar-refractivity contribution in [3.8, 4) is 0 Å². The third kappa shape index (κ3) is 5.62. The highest BCUT2D eigenvalue weighted by molar-refractivity contribution is 8.01. The van der Waals surface area contributed by atoms with Gasteiger partial charge in [0.15, 0.2) is 0 Å². The largest absolute Gasteiger partial charge is 0.383 e. The molecule has 0 saturated carbocycles. The molecule has 1 saturated heterocycles. The zero-order valence-corrected chi connectivity index (χ0v) is 14.4. The van der Waals surface area contributed by atoms with Gasteiger partial charge in [-0.3, -0.25) is 14.5 Å². The van der Waals surface area contributed by atoms with Crippen LogP contribution in [0, 0.1) is 0 Å². The van der Waals surface area contributed by atoms with E-state index < -0.39 is 10.2 Å². The minimum Gasteiger partial charge on any atom is -0.383 e. The number of likely N-dealkylation sites (tertiary alicyclic amines) is 1. The number of thioether (sulfide) groups is 1. The van der Waals surface area contributed by atoms with Crippen LogP contribution in [0.15, 0.2) is 0 Å². The Hall–Kier alpha value is -0.550. The zero-order chi connectivity index (χ0) is 15.9. The second-order valence-corrected chi connectivity index (χ2v) is 7.92. The SMILES string of the molecule is CCCCCCCCCN1C(=O)CC(C)(SC(C)O)C1=O. The number of aliphatic hydroxyl groups is 1. The van der Waals surface area contributed by atoms with Crippen LogP contribution in [0.25, 0.3) is 0 Å². The van der Waals surface area contributed by atoms with Crippen LogP contribution in [-0.4, -0.2) is 38.5 Å². The van der Waals surface area contributed by atoms with E-state index in [2.05, 4.69) is 6.92 Å². The van der Waals surface area contributed by atoms with Crippen molar-refractivity contribution in [1.29, 1.82) is 0 Å². The van der Waals surface area contributed by atoms with E-state index in [1.165, 1.54) is 48.8 Å². The molecule has 4 nitrogen and oxygen atoms in total. The number of hydrogen-bond acceptors (Lipinski definition) is 4. The third-order valence-corrected chi connectivity index (χ3v) is 5.08. The smallest absolute Gasteiger partial charge is 0.245 e. The lowest BCUT2D eigenvalue weighted by atomic mass is 10.1. The van der Waals surface area contributed by atoms with Crippen LogP contribution < -0.4 is 0 Å². The van der Waals surface area contributed by atoms with Gasteiger partial charge in [-0.2, -0.15) is 0 Å². The highest BCUT2D eigenvalue weighted by Gasteiger charge is 2.49. The molecule has 0 aromatic carbocycles. The summed E-state index contributed by atoms with van der Waals surface area (Å²) in [6.45, 7) is 6.12. The lowest BCUT2D eigenvalue weighted by Gasteiger charge is -2.22. The molecule has 0 spiro atoms. The number of carbonyl (C=O) groups excluding carboxylic acids is 2. The number of imide groups is 1. The molecule has 2 unspecified atom stereocenters. The van der Waals surface area contributed by atoms with Crippen LogP contribution >= 0.6 is 11.8 Å². The number of hydrogen-bond donors (Lipinski definition) is 1. The van der Waals surface area contributed by atoms with Gasteiger partial charge in [-0.05, 0) is 20.3 Å². The molecule has 1 rings (SSSR count). The Kier molecular flexibility index (Phi) is 7.74. The summed E-state index contributed by atoms with van der Waals surface area (Å²) in [5, 5.41) is 9.47. The average Bonchev–Trinajstić information content (AvgIpc) is 2.59. The van der Waals surface area contributed by atoms with Crippen LogP contribution in [0.1, 0.15) is 72.1 Å². The van der Waals surface area contributed by atoms with Crippen molar-refractivity contribution >= 4 is 23.6 Å². The molecule has 0 aromatic rings. The van der Waals surface area contributed by atoms with Crippen LogP contribution in [0.4, 0.5) is 0 Å². The van der Waals surface area contributed by atoms with E-state index in [1.54, 1.807) is 13.8 Å². The number of rotatable bonds is 10. The molecule has 0 bridgehead atoms. The van der Waals surface area contributed by atoms with Crippen LogP contribution in [0.2, 0.25) is 0 Å². The molecule has 5 heteroatoms. The first-order valence-electron chi connectivity index (χ1n) is 8.11. The van der Waals surface area contributed by atoms with Crippen molar-refractivity contribution in [2.45, 2.75) is 82.3 Å². The number of carbonyl (C=O) groups is 2. The molecule has 2 amide bonds. The first-order valence-corrected chi connectivity index (χ1v) is 8.99. The van der Waals surface area contributed by atoms with Gasteiger partial charge < -0.3 is 5.11 Å². The van der Waals surface area contributed by atoms with E-state index in [4.69, 9.17) is 0 Å². The molecule has 0 aromatic heterocycles. The minimum absolute atomic E-state index is 0.0957. The molecule has 1 fully saturated rings. The van der Waals surface area contributed by atoms with Gasteiger partial charge in [-0.25, -0.2) is 0 Å². The number of unbranched alkanes of at least 4 members (excludes halogenated alkanes) is 6. The maximum Gasteiger partial charge on any atom is 0.245 e. The van der Waals surface area contributed by atoms with E-state index in [1.807, 2.05) is 0 Å². The summed E-state index contributed by atoms with van der Waals surface area (Å²) in [7, 11) is 0. The summed E-state index contributed by atoms with van der Waals surface area (Å²) in [4.78, 5) is 25.7. The fourth-order valence-electron chi connectivity index (χ4n) is 2.78. The van der Waals surface area contributed by atoms with E-state index in [0.717, 1.165) is 12.8 Å². The van der Waals surface area contributed by atoms with Crippen molar-refractivity contribution in [1.82, 2.24) is 4.90 Å². The highest BCUT2D eigenvalue weighted by Crippen LogP contribution is 2.38. The van der Waals surface area contributed by atoms with Gasteiger partial charge in [-0.15, -0.1) is 11.8 Å². The van der Waals surface area contributed by atoms with Crippen molar-refractivity contribution < 1.29 is 14.7 Å². The predicted octanol–water partition coefficient (Wildman–Crippen LogP) is 3.33. The molecule has 1 aliphatic heterocycles. The maximum absolute atomic E-state index is 12.4. The zero-order valence-electron chi connectivity index (χ0n) is 13.6. The van der Waals surface area contributed by atoms with Gasteiger partial charge >= 0.3 is 0 Å². The number of nitrogens with zero attached hydrogens (tertiary/aromatic N) is 1. The second-order valence-electron chi connectivity index (χ2n) is 6.10. The molecule has 0 aliphatic carbocycles. The topological polar surface area (TPSA) is 57.6 Å². The van der Waals surface area contributed by atoms with Crippen molar-refractivity contribution in [2.24, 2.45) is 0 Å². The van der Waals surface area contributed by atoms with E-state index >= 15 is 0 Å². The van der Waals surface area contributed by atoms with Gasteiger partial charge in [-0.1, -0.05) is 45.4 Å². The Morgan fingerprint density at radius 2 is 1.76 bits per heavy atom. The monoisotopic (exact) mass is 315 g/mol. The van der Waals surface area contributed by atoms with Crippen LogP contribution in [-0.2, 0) is 9.59 Å². The summed E-state index contributed by atoms with van der Waals surface area (Å²) in [6, 6.07) is 0. The van der Waals surface area contributed by atoms with Gasteiger partial charge in [0.05, 0.1) is 11.9 Å². The Labute approximate surface area is 132 Å². The Morgan fingerprint density at radius 3 is 2.33 bits per heavy atom. The van der Waals surface area contributed by atoms with Gasteiger partial charge in [0.1, 0.15) is 4.75 Å². The van der Waals surface area contributed by atoms with Gasteiger partial charge in [0.2, 0.25) is 11.8 Å². The molecule has 1 aliphatic rings. The Morgan fingerprint density at radius 1 is 1.19 bits per heavy atom. The Balaban J connectivity index is 2.32. The average molecular weight is 315 g/mol. The first kappa shape index (κ1) is 18.5. The summed E-state index contributed by atoms with van der Waals surface area (Å²) < 4.78 is -0.785. The lowest BCUT2D eigenvalue weighted by Crippen LogP contribution is -2.37. The summed E-state index contributed by atoms with van der Waals surface area (Å²) >= 11 is 1.18. The molecule has 122 valence electrons. The van der Waals surface area contributed by atoms with Crippen molar-refractivity contribution in [3.63, 3.8) is 0 Å². The predicted molar refractivity (Wildman–Crippen MR) is 87.0 cm³/mol. The molecular weight excluding hydrogens is 286 g/mol. The maximum atomic E-state index is 12.4. The molecular formula is C16H29NO3S. The van der Waals surface area contributed by atoms with E-state index in [0.29, 0.717) is 6.54 Å². The Bertz CT molecular complexity index is 359.